The second kappa shape index (κ2) is 14.2. The maximum Gasteiger partial charge on any atom is 0.319 e. The Kier molecular flexibility index (Phi) is 9.18. The van der Waals surface area contributed by atoms with Gasteiger partial charge in [-0.05, 0) is 66.5 Å². The van der Waals surface area contributed by atoms with Crippen LogP contribution in [0.15, 0.2) is 30.5 Å². The third-order valence-electron chi connectivity index (χ3n) is 12.9. The lowest BCUT2D eigenvalue weighted by Gasteiger charge is -2.38. The van der Waals surface area contributed by atoms with E-state index < -0.39 is 44.4 Å². The molecule has 0 radical (unpaired) electrons. The Morgan fingerprint density at radius 3 is 2.62 bits per heavy atom. The van der Waals surface area contributed by atoms with Crippen molar-refractivity contribution in [1.29, 1.82) is 0 Å². The van der Waals surface area contributed by atoms with Crippen LogP contribution >= 0.6 is 0 Å². The van der Waals surface area contributed by atoms with Crippen molar-refractivity contribution in [3.8, 4) is 34.5 Å². The van der Waals surface area contributed by atoms with E-state index in [4.69, 9.17) is 24.4 Å². The van der Waals surface area contributed by atoms with E-state index in [0.717, 1.165) is 0 Å². The summed E-state index contributed by atoms with van der Waals surface area (Å²) in [5.41, 5.74) is 5.44. The van der Waals surface area contributed by atoms with Gasteiger partial charge in [-0.25, -0.2) is 13.2 Å². The van der Waals surface area contributed by atoms with Gasteiger partial charge in [-0.15, -0.1) is 5.54 Å². The third-order valence-corrected chi connectivity index (χ3v) is 19.2. The Hall–Kier alpha value is -3.92. The molecule has 0 spiro atoms. The molecule has 12 heteroatoms. The van der Waals surface area contributed by atoms with Gasteiger partial charge in [-0.3, -0.25) is 9.88 Å². The first kappa shape index (κ1) is 35.5. The summed E-state index contributed by atoms with van der Waals surface area (Å²) in [6, 6.07) is 5.38. The number of pyridine rings is 1. The number of nitrogens with zero attached hydrogens (tertiary/aromatic N) is 5. The Balaban J connectivity index is 1.33. The van der Waals surface area contributed by atoms with Crippen molar-refractivity contribution in [2.45, 2.75) is 108 Å². The van der Waals surface area contributed by atoms with Crippen LogP contribution in [0.4, 0.5) is 19.0 Å². The van der Waals surface area contributed by atoms with E-state index in [-0.39, 0.29) is 42.8 Å². The van der Waals surface area contributed by atoms with Crippen molar-refractivity contribution in [3.05, 3.63) is 47.4 Å². The summed E-state index contributed by atoms with van der Waals surface area (Å²) >= 11 is 0. The van der Waals surface area contributed by atoms with Crippen LogP contribution in [0.2, 0.25) is 16.6 Å². The van der Waals surface area contributed by atoms with E-state index in [2.05, 4.69) is 53.0 Å². The quantitative estimate of drug-likeness (QED) is 0.141. The zero-order valence-electron chi connectivity index (χ0n) is 34.7. The molecule has 2 aromatic carbocycles. The largest absolute Gasteiger partial charge is 0.508 e. The number of phenolic OH excluding ortho intramolecular Hbond substituents is 1. The number of halogens is 3. The number of aromatic nitrogens is 3. The lowest BCUT2D eigenvalue weighted by atomic mass is 9.94. The molecule has 1 saturated carbocycles. The highest BCUT2D eigenvalue weighted by atomic mass is 28.3. The molecule has 0 amide bonds. The van der Waals surface area contributed by atoms with E-state index in [0.29, 0.717) is 93.5 Å². The molecule has 0 unspecified atom stereocenters. The number of ether oxygens (including phenoxy) is 2. The van der Waals surface area contributed by atoms with Crippen LogP contribution in [0.1, 0.15) is 74.7 Å². The molecule has 292 valence electrons. The maximum atomic E-state index is 16.2. The second-order valence-electron chi connectivity index (χ2n) is 16.9. The minimum Gasteiger partial charge on any atom is -0.508 e. The molecular formula is C43H52F3N5O3Si. The lowest BCUT2D eigenvalue weighted by Crippen LogP contribution is -2.43. The molecule has 8 rings (SSSR count). The molecule has 3 aliphatic heterocycles. The Labute approximate surface area is 325 Å². The van der Waals surface area contributed by atoms with Crippen molar-refractivity contribution in [2.24, 2.45) is 5.92 Å². The van der Waals surface area contributed by atoms with E-state index in [1.807, 2.05) is 9.80 Å². The average molecular weight is 774 g/mol. The highest BCUT2D eigenvalue weighted by molar-refractivity contribution is 6.90. The van der Waals surface area contributed by atoms with Gasteiger partial charge in [0.2, 0.25) is 0 Å². The molecule has 4 fully saturated rings. The van der Waals surface area contributed by atoms with Gasteiger partial charge >= 0.3 is 6.01 Å². The van der Waals surface area contributed by atoms with Crippen molar-refractivity contribution < 1.29 is 30.5 Å². The van der Waals surface area contributed by atoms with Crippen molar-refractivity contribution in [1.82, 2.24) is 19.9 Å². The maximum absolute atomic E-state index is 16.2. The molecule has 2 aromatic heterocycles. The molecule has 0 bridgehead atoms. The Morgan fingerprint density at radius 2 is 1.87 bits per heavy atom. The Bertz CT molecular complexity index is 2280. The van der Waals surface area contributed by atoms with Gasteiger partial charge < -0.3 is 19.5 Å². The number of fused-ring (bicyclic) bond motifs is 4. The van der Waals surface area contributed by atoms with E-state index in [1.54, 1.807) is 31.3 Å². The molecule has 3 saturated heterocycles. The molecule has 5 atom stereocenters. The molecule has 4 aliphatic rings. The fourth-order valence-electron chi connectivity index (χ4n) is 10.1. The fraction of sp³-hybridized carbons (Fsp3) is 0.558. The van der Waals surface area contributed by atoms with Crippen LogP contribution in [0.25, 0.3) is 32.9 Å². The van der Waals surface area contributed by atoms with Crippen molar-refractivity contribution >= 4 is 35.6 Å². The zero-order valence-corrected chi connectivity index (χ0v) is 33.7. The van der Waals surface area contributed by atoms with Gasteiger partial charge in [-0.2, -0.15) is 9.97 Å². The summed E-state index contributed by atoms with van der Waals surface area (Å²) < 4.78 is 76.6. The van der Waals surface area contributed by atoms with Gasteiger partial charge in [0.05, 0.1) is 49.7 Å². The number of rotatable bonds is 8. The number of aryl methyl sites for hydroxylation is 1. The van der Waals surface area contributed by atoms with Gasteiger partial charge in [0.15, 0.2) is 0 Å². The summed E-state index contributed by atoms with van der Waals surface area (Å²) in [4.78, 5) is 18.2. The smallest absolute Gasteiger partial charge is 0.319 e. The predicted octanol–water partition coefficient (Wildman–Crippen LogP) is 8.70. The predicted molar refractivity (Wildman–Crippen MR) is 213 cm³/mol. The number of hydrogen-bond acceptors (Lipinski definition) is 8. The number of alkyl halides is 2. The summed E-state index contributed by atoms with van der Waals surface area (Å²) in [5, 5.41) is 12.6. The summed E-state index contributed by atoms with van der Waals surface area (Å²) in [5.74, 6) is 2.81. The standard InChI is InChI=1S/C43H52F3N5O3Si/c1-24(2)55(25(3)4,26(5)6)16-11-31-35(45)10-9-28-17-30(52)18-32(36(28)31)38-27(7)39-33(20-47-38)41(51-14-15-53-22-34-37(46)40(34)51)49-42(48-39)54-23-43-12-8-13-50(43)21-29(44)19-43/h9-10,17-18,20,24-26,29,34,37,40,52H,8,12-15,19,21-23H2,1-7H3/t29-,34+,37+,40+,43+/m1/s1/i23D2. The number of phenols is 1. The lowest BCUT2D eigenvalue weighted by molar-refractivity contribution is 0.107. The number of hydrogen-bond donors (Lipinski definition) is 1. The summed E-state index contributed by atoms with van der Waals surface area (Å²) in [6.07, 6.45) is 0.399. The van der Waals surface area contributed by atoms with Crippen LogP contribution in [-0.4, -0.2) is 96.4 Å². The fourth-order valence-corrected chi connectivity index (χ4v) is 15.3. The van der Waals surface area contributed by atoms with Crippen molar-refractivity contribution in [3.63, 3.8) is 0 Å². The highest BCUT2D eigenvalue weighted by Gasteiger charge is 2.56. The number of aromatic hydroxyl groups is 1. The van der Waals surface area contributed by atoms with Gasteiger partial charge in [0, 0.05) is 48.1 Å². The van der Waals surface area contributed by atoms with E-state index >= 15 is 8.78 Å². The Morgan fingerprint density at radius 1 is 1.11 bits per heavy atom. The summed E-state index contributed by atoms with van der Waals surface area (Å²) in [7, 11) is -2.28. The highest BCUT2D eigenvalue weighted by Crippen LogP contribution is 2.47. The zero-order chi connectivity index (χ0) is 40.8. The molecule has 5 heterocycles. The first-order valence-corrected chi connectivity index (χ1v) is 22.0. The normalized spacial score (nSPS) is 26.2. The van der Waals surface area contributed by atoms with Crippen LogP contribution in [-0.2, 0) is 4.74 Å². The third kappa shape index (κ3) is 6.34. The minimum atomic E-state index is -2.36. The first-order valence-electron chi connectivity index (χ1n) is 20.7. The van der Waals surface area contributed by atoms with Crippen LogP contribution in [0, 0.1) is 30.1 Å². The van der Waals surface area contributed by atoms with E-state index in [1.165, 1.54) is 6.07 Å². The topological polar surface area (TPSA) is 83.8 Å². The van der Waals surface area contributed by atoms with Gasteiger partial charge in [0.25, 0.3) is 0 Å². The van der Waals surface area contributed by atoms with Crippen molar-refractivity contribution in [2.75, 3.05) is 44.3 Å². The van der Waals surface area contributed by atoms with Gasteiger partial charge in [0.1, 0.15) is 44.4 Å². The molecule has 55 heavy (non-hydrogen) atoms. The SMILES string of the molecule is [2H]C([2H])(Oc1nc(N2CCOC[C@H]3[C@H](F)[C@H]32)c2cnc(-c3cc(O)cc4ccc(F)c(C#C[Si](C(C)C)(C(C)C)C(C)C)c34)c(C)c2n1)[C@@]12CCCN1C[C@H](F)C2. The van der Waals surface area contributed by atoms with Crippen LogP contribution < -0.4 is 9.64 Å². The monoisotopic (exact) mass is 773 g/mol. The molecule has 4 aromatic rings. The van der Waals surface area contributed by atoms with Crippen LogP contribution in [0.3, 0.4) is 0 Å². The number of anilines is 1. The van der Waals surface area contributed by atoms with Gasteiger partial charge in [-0.1, -0.05) is 53.5 Å². The average Bonchev–Trinajstić information content (AvgIpc) is 3.50. The second-order valence-corrected chi connectivity index (χ2v) is 22.5. The molecular weight excluding hydrogens is 720 g/mol. The van der Waals surface area contributed by atoms with E-state index in [9.17, 15) is 12.2 Å². The number of benzene rings is 2. The summed E-state index contributed by atoms with van der Waals surface area (Å²) in [6.45, 7) is 14.3. The van der Waals surface area contributed by atoms with Crippen LogP contribution in [0.5, 0.6) is 11.8 Å². The molecule has 1 aliphatic carbocycles. The first-order chi connectivity index (χ1) is 27.0. The minimum absolute atomic E-state index is 0.00818. The molecule has 1 N–H and O–H groups in total. The molecule has 8 nitrogen and oxygen atoms in total.